The topological polar surface area (TPSA) is 276 Å². The number of benzene rings is 7. The summed E-state index contributed by atoms with van der Waals surface area (Å²) in [6.45, 7) is 18.0. The number of nitrogens with one attached hydrogen (secondary N) is 3. The number of amides is 1. The number of likely N-dealkylation sites (tertiary alicyclic amines) is 1. The number of hydrogen-bond acceptors (Lipinski definition) is 13. The molecule has 27 heteroatoms. The van der Waals surface area contributed by atoms with Gasteiger partial charge in [-0.1, -0.05) is 53.7 Å². The Hall–Kier alpha value is -11.5. The van der Waals surface area contributed by atoms with Crippen molar-refractivity contribution in [3.8, 4) is 50.4 Å². The third-order valence-corrected chi connectivity index (χ3v) is 22.0. The Morgan fingerprint density at radius 3 is 1.23 bits per heavy atom. The number of aliphatic carboxylic acids is 1. The van der Waals surface area contributed by atoms with E-state index in [2.05, 4.69) is 126 Å². The van der Waals surface area contributed by atoms with Crippen LogP contribution in [-0.2, 0) is 57.2 Å². The first-order chi connectivity index (χ1) is 52.4. The summed E-state index contributed by atoms with van der Waals surface area (Å²) in [6, 6.07) is 39.2. The number of sulfone groups is 1. The van der Waals surface area contributed by atoms with Crippen LogP contribution in [0.2, 0.25) is 0 Å². The van der Waals surface area contributed by atoms with Crippen LogP contribution in [0.25, 0.3) is 116 Å². The van der Waals surface area contributed by atoms with Crippen LogP contribution in [0.15, 0.2) is 177 Å². The quantitative estimate of drug-likeness (QED) is 0.0448. The summed E-state index contributed by atoms with van der Waals surface area (Å²) in [7, 11) is 1.86. The lowest BCUT2D eigenvalue weighted by Crippen LogP contribution is -2.56. The van der Waals surface area contributed by atoms with Gasteiger partial charge in [0.15, 0.2) is 9.84 Å². The van der Waals surface area contributed by atoms with Gasteiger partial charge in [0, 0.05) is 169 Å². The number of carbonyl (C=O) groups is 2. The Labute approximate surface area is 631 Å². The second kappa shape index (κ2) is 29.2. The van der Waals surface area contributed by atoms with E-state index in [9.17, 15) is 41.4 Å². The van der Waals surface area contributed by atoms with Gasteiger partial charge in [-0.3, -0.25) is 34.2 Å². The molecule has 16 rings (SSSR count). The number of hydrogen-bond donors (Lipinski definition) is 5. The first-order valence-corrected chi connectivity index (χ1v) is 37.7. The van der Waals surface area contributed by atoms with Gasteiger partial charge in [-0.05, 0) is 141 Å². The monoisotopic (exact) mass is 1510 g/mol. The van der Waals surface area contributed by atoms with Crippen molar-refractivity contribution in [2.75, 3.05) is 67.1 Å². The summed E-state index contributed by atoms with van der Waals surface area (Å²) in [6.07, 6.45) is 13.8. The fourth-order valence-electron chi connectivity index (χ4n) is 15.2. The Kier molecular flexibility index (Phi) is 20.0. The molecule has 110 heavy (non-hydrogen) atoms. The summed E-state index contributed by atoms with van der Waals surface area (Å²) >= 11 is 0. The third kappa shape index (κ3) is 14.1. The van der Waals surface area contributed by atoms with Gasteiger partial charge in [0.25, 0.3) is 5.91 Å². The van der Waals surface area contributed by atoms with Gasteiger partial charge >= 0.3 is 5.97 Å². The summed E-state index contributed by atoms with van der Waals surface area (Å²) in [5.41, 5.74) is 15.1. The molecule has 23 nitrogen and oxygen atoms in total. The molecule has 1 fully saturated rings. The number of rotatable bonds is 21. The Balaban J connectivity index is 0.000000138. The molecule has 0 spiro atoms. The highest BCUT2D eigenvalue weighted by atomic mass is 32.2. The van der Waals surface area contributed by atoms with Crippen LogP contribution in [-0.4, -0.2) is 172 Å². The molecule has 5 N–H and O–H groups in total. The molecule has 568 valence electrons. The predicted octanol–water partition coefficient (Wildman–Crippen LogP) is 14.8. The van der Waals surface area contributed by atoms with Crippen molar-refractivity contribution in [3.63, 3.8) is 0 Å². The molecular formula is C83H85F3N14O9S. The van der Waals surface area contributed by atoms with Gasteiger partial charge in [0.1, 0.15) is 24.0 Å². The molecule has 1 aliphatic rings. The van der Waals surface area contributed by atoms with Crippen molar-refractivity contribution in [1.29, 1.82) is 0 Å². The smallest absolute Gasteiger partial charge is 0.325 e. The van der Waals surface area contributed by atoms with E-state index in [0.29, 0.717) is 25.4 Å². The minimum absolute atomic E-state index is 0.0394. The molecule has 7 aromatic carbocycles. The molecule has 0 radical (unpaired) electrons. The zero-order chi connectivity index (χ0) is 78.1. The number of halogens is 3. The maximum atomic E-state index is 14.0. The molecule has 1 aliphatic heterocycles. The maximum absolute atomic E-state index is 14.0. The number of fused-ring (bicyclic) bond motifs is 6. The second-order valence-electron chi connectivity index (χ2n) is 30.7. The first kappa shape index (κ1) is 75.3. The van der Waals surface area contributed by atoms with Gasteiger partial charge in [0.05, 0.1) is 101 Å². The Morgan fingerprint density at radius 1 is 0.509 bits per heavy atom. The van der Waals surface area contributed by atoms with Crippen molar-refractivity contribution in [3.05, 3.63) is 217 Å². The number of methoxy groups -OCH3 is 3. The largest absolute Gasteiger partial charge is 0.480 e. The normalized spacial score (nSPS) is 13.3. The number of aromatic nitrogens is 13. The molecule has 0 saturated carbocycles. The van der Waals surface area contributed by atoms with Gasteiger partial charge in [0.2, 0.25) is 0 Å². The maximum Gasteiger partial charge on any atom is 0.325 e. The van der Waals surface area contributed by atoms with E-state index in [0.717, 1.165) is 133 Å². The van der Waals surface area contributed by atoms with Crippen molar-refractivity contribution >= 4 is 87.1 Å². The number of aliphatic hydroxyl groups excluding tert-OH is 1. The summed E-state index contributed by atoms with van der Waals surface area (Å²) < 4.78 is 91.8. The molecule has 0 atom stereocenters. The van der Waals surface area contributed by atoms with E-state index >= 15 is 0 Å². The van der Waals surface area contributed by atoms with E-state index in [1.54, 1.807) is 110 Å². The van der Waals surface area contributed by atoms with Crippen LogP contribution < -0.4 is 0 Å². The molecule has 1 saturated heterocycles. The van der Waals surface area contributed by atoms with Crippen LogP contribution in [0.1, 0.15) is 82.8 Å². The number of H-pyrrole nitrogens is 3. The molecule has 15 aromatic rings. The standard InChI is InChI=1S/C31H31FN4O4S.C27H30FN5O2.C25H24FN5O3/c1-31(2,18-40-3)29-28(19-5-7-20(8-6-19)30(37)35-16-24(17-35)41(4,38)39)25-14-26-21(15-33-34-26)13-27(25)36(29)23-11-9-22(32)10-12-23;1-26(2,16-35-5)25-24(18-13-30-32(14-18)27(3,4)15-34)21-11-22-17(12-29-31-22)10-23(21)33(25)20-8-6-19(28)7-9-20;1-25(2,14-34-3)24-23(16-11-28-30(12-16)13-22(32)33)19-9-20-15(10-27-29-20)8-21(19)31(24)18-6-4-17(26)5-7-18/h5-15,24H,16-18H2,1-4H3,(H,33,34);6-14,34H,15-16H2,1-5H3,(H,29,31);4-12H,13-14H2,1-3H3,(H,27,29)(H,32,33). The number of aliphatic hydroxyl groups is 1. The second-order valence-corrected chi connectivity index (χ2v) is 33.1. The van der Waals surface area contributed by atoms with Gasteiger partial charge < -0.3 is 43.0 Å². The highest BCUT2D eigenvalue weighted by Gasteiger charge is 2.40. The van der Waals surface area contributed by atoms with Gasteiger partial charge in [-0.2, -0.15) is 25.5 Å². The molecule has 0 aliphatic carbocycles. The molecule has 0 bridgehead atoms. The van der Waals surface area contributed by atoms with Crippen LogP contribution in [0.3, 0.4) is 0 Å². The number of carbonyl (C=O) groups excluding carboxylic acids is 1. The Morgan fingerprint density at radius 2 is 0.873 bits per heavy atom. The molecule has 8 aromatic heterocycles. The van der Waals surface area contributed by atoms with Crippen LogP contribution >= 0.6 is 0 Å². The average Bonchev–Trinajstić information content (AvgIpc) is 1.57. The third-order valence-electron chi connectivity index (χ3n) is 20.5. The lowest BCUT2D eigenvalue weighted by molar-refractivity contribution is -0.137. The number of carboxylic acids is 1. The van der Waals surface area contributed by atoms with Crippen LogP contribution in [0.4, 0.5) is 13.2 Å². The highest BCUT2D eigenvalue weighted by molar-refractivity contribution is 7.91. The van der Waals surface area contributed by atoms with Crippen LogP contribution in [0.5, 0.6) is 0 Å². The molecule has 9 heterocycles. The lowest BCUT2D eigenvalue weighted by atomic mass is 9.84. The summed E-state index contributed by atoms with van der Waals surface area (Å²) in [5, 5.41) is 55.1. The van der Waals surface area contributed by atoms with Crippen LogP contribution in [0, 0.1) is 17.5 Å². The molecule has 1 amide bonds. The van der Waals surface area contributed by atoms with Crippen molar-refractivity contribution in [2.24, 2.45) is 0 Å². The number of ether oxygens (including phenoxy) is 3. The van der Waals surface area contributed by atoms with Gasteiger partial charge in [-0.25, -0.2) is 21.6 Å². The predicted molar refractivity (Wildman–Crippen MR) is 420 cm³/mol. The van der Waals surface area contributed by atoms with Gasteiger partial charge in [-0.15, -0.1) is 0 Å². The number of carboxylic acid groups (broad SMARTS) is 1. The summed E-state index contributed by atoms with van der Waals surface area (Å²) in [4.78, 5) is 25.9. The fraction of sp³-hybridized carbons (Fsp3) is 0.289. The minimum atomic E-state index is -3.17. The minimum Gasteiger partial charge on any atom is -0.480 e. The van der Waals surface area contributed by atoms with Crippen molar-refractivity contribution in [2.45, 2.75) is 89.0 Å². The van der Waals surface area contributed by atoms with E-state index in [1.165, 1.54) is 47.3 Å². The fourth-order valence-corrected chi connectivity index (χ4v) is 16.1. The zero-order valence-corrected chi connectivity index (χ0v) is 63.8. The van der Waals surface area contributed by atoms with E-state index in [-0.39, 0.29) is 49.6 Å². The highest BCUT2D eigenvalue weighted by Crippen LogP contribution is 2.48. The Bertz CT molecular complexity index is 6070. The number of aromatic amines is 3. The summed E-state index contributed by atoms with van der Waals surface area (Å²) in [5.74, 6) is -2.07. The van der Waals surface area contributed by atoms with E-state index in [1.807, 2.05) is 44.4 Å². The molecule has 0 unspecified atom stereocenters. The van der Waals surface area contributed by atoms with Crippen molar-refractivity contribution in [1.82, 2.24) is 68.8 Å². The molecular weight excluding hydrogens is 1430 g/mol. The zero-order valence-electron chi connectivity index (χ0n) is 63.0. The first-order valence-electron chi connectivity index (χ1n) is 35.7. The van der Waals surface area contributed by atoms with E-state index < -0.39 is 42.8 Å². The number of nitrogens with zero attached hydrogens (tertiary/aromatic N) is 11. The SMILES string of the molecule is COCC(C)(C)c1c(-c2ccc(C(=O)N3CC(S(C)(=O)=O)C3)cc2)c2cc3[nH]ncc3cc2n1-c1ccc(F)cc1.COCC(C)(C)c1c(-c2cnn(C(C)(C)CO)c2)c2cc3[nH]ncc3cc2n1-c1ccc(F)cc1.COCC(C)(C)c1c(-c2cnn(CC(=O)O)c2)c2cc3[nH]ncc3cc2n1-c1ccc(F)cc1. The van der Waals surface area contributed by atoms with E-state index in [4.69, 9.17) is 14.2 Å². The lowest BCUT2D eigenvalue weighted by Gasteiger charge is -2.38. The average molecular weight is 1510 g/mol. The van der Waals surface area contributed by atoms with Crippen molar-refractivity contribution < 1.29 is 55.6 Å².